The van der Waals surface area contributed by atoms with Crippen molar-refractivity contribution in [3.05, 3.63) is 46.8 Å². The number of anilines is 1. The first-order chi connectivity index (χ1) is 11.8. The number of benzene rings is 1. The predicted octanol–water partition coefficient (Wildman–Crippen LogP) is 1.63. The number of esters is 1. The summed E-state index contributed by atoms with van der Waals surface area (Å²) in [5.41, 5.74) is 8.33. The number of nitrogens with two attached hydrogens (primary N) is 1. The zero-order valence-electron chi connectivity index (χ0n) is 14.2. The Morgan fingerprint density at radius 1 is 1.44 bits per heavy atom. The molecule has 0 saturated heterocycles. The summed E-state index contributed by atoms with van der Waals surface area (Å²) in [5, 5.41) is 12.2. The van der Waals surface area contributed by atoms with E-state index >= 15 is 0 Å². The Bertz CT molecular complexity index is 935. The molecule has 0 unspecified atom stereocenters. The summed E-state index contributed by atoms with van der Waals surface area (Å²) in [4.78, 5) is 24.1. The normalized spacial score (nSPS) is 15.0. The molecule has 3 rings (SSSR count). The van der Waals surface area contributed by atoms with E-state index in [0.29, 0.717) is 5.69 Å². The Kier molecular flexibility index (Phi) is 3.76. The van der Waals surface area contributed by atoms with Crippen molar-refractivity contribution in [2.45, 2.75) is 25.8 Å². The number of nitrogens with one attached hydrogen (secondary N) is 1. The first-order valence-electron chi connectivity index (χ1n) is 7.72. The number of ether oxygens (including phenoxy) is 1. The van der Waals surface area contributed by atoms with Gasteiger partial charge in [0.25, 0.3) is 0 Å². The molecule has 0 bridgehead atoms. The molecule has 128 valence electrons. The number of nitrogen functional groups attached to an aromatic ring is 1. The van der Waals surface area contributed by atoms with Crippen LogP contribution in [-0.2, 0) is 21.5 Å². The van der Waals surface area contributed by atoms with Gasteiger partial charge in [-0.3, -0.25) is 4.79 Å². The Hall–Kier alpha value is -3.27. The van der Waals surface area contributed by atoms with Gasteiger partial charge in [0.2, 0.25) is 5.91 Å². The van der Waals surface area contributed by atoms with Crippen molar-refractivity contribution >= 4 is 17.6 Å². The zero-order valence-corrected chi connectivity index (χ0v) is 14.2. The number of hydrogen-bond donors (Lipinski definition) is 2. The molecule has 0 fully saturated rings. The van der Waals surface area contributed by atoms with Gasteiger partial charge >= 0.3 is 5.97 Å². The number of methoxy groups -OCH3 is 1. The second kappa shape index (κ2) is 5.67. The summed E-state index contributed by atoms with van der Waals surface area (Å²) in [6.07, 6.45) is 1.75. The maximum Gasteiger partial charge on any atom is 0.357 e. The van der Waals surface area contributed by atoms with Gasteiger partial charge < -0.3 is 20.4 Å². The number of carbonyl (C=O) groups is 2. The number of rotatable bonds is 2. The fraction of sp³-hybridized carbons (Fsp3) is 0.278. The first-order valence-corrected chi connectivity index (χ1v) is 7.72. The largest absolute Gasteiger partial charge is 0.464 e. The molecule has 7 heteroatoms. The number of nitrogens with zero attached hydrogens (tertiary/aromatic N) is 2. The highest BCUT2D eigenvalue weighted by molar-refractivity contribution is 5.96. The van der Waals surface area contributed by atoms with Crippen LogP contribution in [0.3, 0.4) is 0 Å². The topological polar surface area (TPSA) is 110 Å². The third-order valence-electron chi connectivity index (χ3n) is 4.39. The molecule has 7 nitrogen and oxygen atoms in total. The van der Waals surface area contributed by atoms with Crippen LogP contribution in [0.2, 0.25) is 0 Å². The van der Waals surface area contributed by atoms with Crippen LogP contribution >= 0.6 is 0 Å². The minimum atomic E-state index is -0.630. The van der Waals surface area contributed by atoms with E-state index in [1.807, 2.05) is 38.1 Å². The van der Waals surface area contributed by atoms with Crippen LogP contribution in [0.5, 0.6) is 0 Å². The summed E-state index contributed by atoms with van der Waals surface area (Å²) in [6, 6.07) is 7.54. The molecular weight excluding hydrogens is 320 g/mol. The highest BCUT2D eigenvalue weighted by atomic mass is 16.5. The van der Waals surface area contributed by atoms with Gasteiger partial charge in [0.1, 0.15) is 6.07 Å². The highest BCUT2D eigenvalue weighted by Gasteiger charge is 2.31. The molecular formula is C18H18N4O3. The number of fused-ring (bicyclic) bond motifs is 1. The molecule has 2 aromatic rings. The molecule has 0 spiro atoms. The van der Waals surface area contributed by atoms with Gasteiger partial charge in [-0.2, -0.15) is 5.26 Å². The van der Waals surface area contributed by atoms with Crippen molar-refractivity contribution in [3.8, 4) is 11.8 Å². The van der Waals surface area contributed by atoms with Crippen LogP contribution in [-0.4, -0.2) is 23.6 Å². The molecule has 1 amide bonds. The van der Waals surface area contributed by atoms with E-state index in [-0.39, 0.29) is 29.3 Å². The van der Waals surface area contributed by atoms with Crippen molar-refractivity contribution < 1.29 is 14.3 Å². The fourth-order valence-corrected chi connectivity index (χ4v) is 3.24. The quantitative estimate of drug-likeness (QED) is 0.809. The average molecular weight is 338 g/mol. The number of aromatic nitrogens is 1. The number of carbonyl (C=O) groups excluding carboxylic acids is 2. The molecule has 2 heterocycles. The maximum atomic E-state index is 12.1. The Morgan fingerprint density at radius 3 is 2.80 bits per heavy atom. The highest BCUT2D eigenvalue weighted by Crippen LogP contribution is 2.32. The van der Waals surface area contributed by atoms with Crippen molar-refractivity contribution in [3.63, 3.8) is 0 Å². The summed E-state index contributed by atoms with van der Waals surface area (Å²) < 4.78 is 6.31. The minimum absolute atomic E-state index is 0.0624. The summed E-state index contributed by atoms with van der Waals surface area (Å²) in [5.74, 6) is -0.692. The molecule has 1 aromatic heterocycles. The first kappa shape index (κ1) is 16.6. The lowest BCUT2D eigenvalue weighted by Gasteiger charge is -2.33. The molecule has 0 radical (unpaired) electrons. The SMILES string of the molecule is COC(=O)c1c(N)c(C#N)cn1-c1ccc2c(c1)CC(=O)NC2(C)C. The predicted molar refractivity (Wildman–Crippen MR) is 91.1 cm³/mol. The Balaban J connectivity index is 2.19. The second-order valence-corrected chi connectivity index (χ2v) is 6.47. The Labute approximate surface area is 145 Å². The van der Waals surface area contributed by atoms with E-state index in [1.165, 1.54) is 17.9 Å². The van der Waals surface area contributed by atoms with E-state index in [9.17, 15) is 14.9 Å². The van der Waals surface area contributed by atoms with Crippen LogP contribution in [0, 0.1) is 11.3 Å². The number of amides is 1. The van der Waals surface area contributed by atoms with Crippen molar-refractivity contribution in [2.24, 2.45) is 0 Å². The van der Waals surface area contributed by atoms with Crippen LogP contribution in [0.25, 0.3) is 5.69 Å². The van der Waals surface area contributed by atoms with Crippen LogP contribution in [0.4, 0.5) is 5.69 Å². The zero-order chi connectivity index (χ0) is 18.4. The third-order valence-corrected chi connectivity index (χ3v) is 4.39. The van der Waals surface area contributed by atoms with E-state index < -0.39 is 11.5 Å². The van der Waals surface area contributed by atoms with E-state index in [0.717, 1.165) is 11.1 Å². The summed E-state index contributed by atoms with van der Waals surface area (Å²) in [6.45, 7) is 3.87. The molecule has 0 aliphatic carbocycles. The third kappa shape index (κ3) is 2.62. The lowest BCUT2D eigenvalue weighted by atomic mass is 9.85. The standard InChI is InChI=1S/C18H18N4O3/c1-18(2)13-5-4-12(6-10(13)7-14(23)21-18)22-9-11(8-19)15(20)16(22)17(24)25-3/h4-6,9H,7,20H2,1-3H3,(H,21,23). The van der Waals surface area contributed by atoms with Gasteiger partial charge in [-0.1, -0.05) is 6.07 Å². The van der Waals surface area contributed by atoms with Gasteiger partial charge in [0.05, 0.1) is 30.3 Å². The lowest BCUT2D eigenvalue weighted by Crippen LogP contribution is -2.46. The fourth-order valence-electron chi connectivity index (χ4n) is 3.24. The smallest absolute Gasteiger partial charge is 0.357 e. The van der Waals surface area contributed by atoms with Gasteiger partial charge in [-0.25, -0.2) is 4.79 Å². The van der Waals surface area contributed by atoms with Crippen LogP contribution < -0.4 is 11.1 Å². The minimum Gasteiger partial charge on any atom is -0.464 e. The maximum absolute atomic E-state index is 12.1. The van der Waals surface area contributed by atoms with Gasteiger partial charge in [0, 0.05) is 11.9 Å². The monoisotopic (exact) mass is 338 g/mol. The summed E-state index contributed by atoms with van der Waals surface area (Å²) in [7, 11) is 1.25. The van der Waals surface area contributed by atoms with Crippen LogP contribution in [0.1, 0.15) is 41.0 Å². The summed E-state index contributed by atoms with van der Waals surface area (Å²) >= 11 is 0. The van der Waals surface area contributed by atoms with Gasteiger partial charge in [-0.15, -0.1) is 0 Å². The molecule has 0 saturated carbocycles. The number of hydrogen-bond acceptors (Lipinski definition) is 5. The average Bonchev–Trinajstić information content (AvgIpc) is 2.89. The molecule has 25 heavy (non-hydrogen) atoms. The molecule has 1 aliphatic heterocycles. The lowest BCUT2D eigenvalue weighted by molar-refractivity contribution is -0.122. The van der Waals surface area contributed by atoms with E-state index in [4.69, 9.17) is 10.5 Å². The van der Waals surface area contributed by atoms with Gasteiger partial charge in [0.15, 0.2) is 5.69 Å². The molecule has 0 atom stereocenters. The van der Waals surface area contributed by atoms with E-state index in [1.54, 1.807) is 0 Å². The second-order valence-electron chi connectivity index (χ2n) is 6.47. The van der Waals surface area contributed by atoms with Crippen LogP contribution in [0.15, 0.2) is 24.4 Å². The molecule has 3 N–H and O–H groups in total. The van der Waals surface area contributed by atoms with E-state index in [2.05, 4.69) is 5.32 Å². The van der Waals surface area contributed by atoms with Gasteiger partial charge in [-0.05, 0) is 37.1 Å². The molecule has 1 aliphatic rings. The number of nitriles is 1. The van der Waals surface area contributed by atoms with Crippen molar-refractivity contribution in [1.82, 2.24) is 9.88 Å². The molecule has 1 aromatic carbocycles. The Morgan fingerprint density at radius 2 is 2.16 bits per heavy atom. The van der Waals surface area contributed by atoms with Crippen molar-refractivity contribution in [2.75, 3.05) is 12.8 Å². The van der Waals surface area contributed by atoms with Crippen molar-refractivity contribution in [1.29, 1.82) is 5.26 Å².